The Morgan fingerprint density at radius 3 is 1.12 bits per heavy atom. The van der Waals surface area contributed by atoms with Gasteiger partial charge in [0.1, 0.15) is 23.1 Å². The standard InChI is InChI=1S/C21H27NO.C17H27NO2.C17H26O2.C17H26O.C16H25NO.C13H22N2O.2CH4/c1-15(2)21(23)20(22-16(3)4)14-17-10-12-19(13-11-17)18-8-6-5-7-9-18;1-11(2)17(19)15(18-12(3)4)9-14-8-7-13(5)16(10-14)20-6;1-13(2)10-16(17(18)14(3)4)12-19-11-15-8-6-5-7-9-15;1-13(2)12-16(17(18)14(3)4)11-10-15-8-6-5-7-9-15;1-11(2)16(18)15(17-12(3)4)10-14-8-6-13(5)7-9-14;1-9(2)5-11(13(16)10(3)4)6-12-7-14-8-15-12;;/h5-13,15-16,20,22H,14H2,1-4H3;7-8,10-12,15,18H,9H2,1-6H3;5-9,13-14,16H,10-12H2,1-4H3;5-9,13-14,16H,10-12H2,1-4H3;6-9,11-12,15,17H,10H2,1-5H3;7-11H,5-6H2,1-4H3,(H,14,15);2*1H4/t20-;15-;2*16-;15-;11-;;/m000100../s1. The number of carbonyl (C=O) groups excluding carboxylic acids is 6. The molecule has 0 unspecified atom stereocenters. The third-order valence-electron chi connectivity index (χ3n) is 19.6. The molecule has 0 spiro atoms. The fourth-order valence-corrected chi connectivity index (χ4v) is 13.6. The maximum Gasteiger partial charge on any atom is 0.152 e. The Kier molecular flexibility index (Phi) is 55.0. The van der Waals surface area contributed by atoms with Crippen molar-refractivity contribution in [1.29, 1.82) is 0 Å². The van der Waals surface area contributed by atoms with Crippen LogP contribution in [-0.2, 0) is 72.2 Å². The molecule has 0 saturated carbocycles. The van der Waals surface area contributed by atoms with Crippen molar-refractivity contribution in [2.45, 2.75) is 296 Å². The Hall–Kier alpha value is -7.81. The highest BCUT2D eigenvalue weighted by atomic mass is 16.5. The number of nitrogens with zero attached hydrogens (tertiary/aromatic N) is 1. The van der Waals surface area contributed by atoms with E-state index in [9.17, 15) is 28.8 Å². The number of Topliss-reactive ketones (excluding diaryl/α,β-unsaturated/α-hetero) is 6. The van der Waals surface area contributed by atoms with Crippen LogP contribution in [0.1, 0.15) is 251 Å². The molecule has 13 nitrogen and oxygen atoms in total. The number of hydrogen-bond acceptors (Lipinski definition) is 12. The molecule has 7 rings (SSSR count). The number of aryl methyl sites for hydroxylation is 3. The van der Waals surface area contributed by atoms with Crippen LogP contribution in [0.3, 0.4) is 0 Å². The van der Waals surface area contributed by atoms with E-state index in [-0.39, 0.29) is 104 Å². The first-order valence-electron chi connectivity index (χ1n) is 42.7. The van der Waals surface area contributed by atoms with Gasteiger partial charge in [-0.25, -0.2) is 4.98 Å². The lowest BCUT2D eigenvalue weighted by Gasteiger charge is -2.22. The molecule has 0 radical (unpaired) electrons. The van der Waals surface area contributed by atoms with Crippen LogP contribution >= 0.6 is 0 Å². The minimum Gasteiger partial charge on any atom is -0.496 e. The zero-order valence-corrected chi connectivity index (χ0v) is 75.5. The number of aromatic nitrogens is 2. The van der Waals surface area contributed by atoms with E-state index in [1.165, 1.54) is 33.4 Å². The van der Waals surface area contributed by atoms with Crippen LogP contribution in [-0.4, -0.2) is 94.6 Å². The molecule has 0 fully saturated rings. The van der Waals surface area contributed by atoms with Gasteiger partial charge in [0.2, 0.25) is 0 Å². The predicted octanol–water partition coefficient (Wildman–Crippen LogP) is 23.5. The molecule has 0 saturated heterocycles. The lowest BCUT2D eigenvalue weighted by Crippen LogP contribution is -2.44. The second-order valence-electron chi connectivity index (χ2n) is 35.2. The van der Waals surface area contributed by atoms with E-state index in [1.54, 1.807) is 19.6 Å². The summed E-state index contributed by atoms with van der Waals surface area (Å²) in [6.45, 7) is 54.4. The number of benzene rings is 6. The number of methoxy groups -OCH3 is 1. The van der Waals surface area contributed by atoms with E-state index in [0.717, 1.165) is 79.5 Å². The van der Waals surface area contributed by atoms with Crippen molar-refractivity contribution in [3.8, 4) is 16.9 Å². The van der Waals surface area contributed by atoms with E-state index < -0.39 is 0 Å². The zero-order valence-electron chi connectivity index (χ0n) is 75.5. The summed E-state index contributed by atoms with van der Waals surface area (Å²) < 4.78 is 11.1. The van der Waals surface area contributed by atoms with Crippen molar-refractivity contribution < 1.29 is 38.2 Å². The Labute approximate surface area is 706 Å². The Bertz CT molecular complexity index is 3750. The van der Waals surface area contributed by atoms with Gasteiger partial charge in [0.15, 0.2) is 17.3 Å². The van der Waals surface area contributed by atoms with Crippen molar-refractivity contribution in [2.24, 2.45) is 71.0 Å². The van der Waals surface area contributed by atoms with Crippen LogP contribution in [0.5, 0.6) is 5.75 Å². The molecule has 0 aliphatic rings. The average Bonchev–Trinajstić information content (AvgIpc) is 1.47. The third kappa shape index (κ3) is 45.2. The molecule has 1 heterocycles. The number of H-pyrrole nitrogens is 1. The number of rotatable bonds is 41. The van der Waals surface area contributed by atoms with Crippen molar-refractivity contribution in [1.82, 2.24) is 25.9 Å². The summed E-state index contributed by atoms with van der Waals surface area (Å²) in [4.78, 5) is 80.4. The zero-order chi connectivity index (χ0) is 85.7. The van der Waals surface area contributed by atoms with Crippen molar-refractivity contribution in [3.05, 3.63) is 215 Å². The normalized spacial score (nSPS) is 12.7. The van der Waals surface area contributed by atoms with Crippen LogP contribution in [0.2, 0.25) is 0 Å². The minimum absolute atomic E-state index is 0. The first-order valence-corrected chi connectivity index (χ1v) is 42.7. The van der Waals surface area contributed by atoms with Gasteiger partial charge in [0, 0.05) is 83.3 Å². The predicted molar refractivity (Wildman–Crippen MR) is 493 cm³/mol. The molecule has 0 aliphatic heterocycles. The second kappa shape index (κ2) is 59.0. The number of ketones is 6. The van der Waals surface area contributed by atoms with E-state index in [4.69, 9.17) is 9.47 Å². The summed E-state index contributed by atoms with van der Waals surface area (Å²) in [7, 11) is 1.68. The molecule has 6 aromatic carbocycles. The number of carbonyl (C=O) groups is 6. The third-order valence-corrected chi connectivity index (χ3v) is 19.6. The average molecular weight is 1600 g/mol. The van der Waals surface area contributed by atoms with Gasteiger partial charge in [0.05, 0.1) is 44.8 Å². The van der Waals surface area contributed by atoms with Crippen molar-refractivity contribution in [3.63, 3.8) is 0 Å². The molecular formula is C103H161N5O8. The van der Waals surface area contributed by atoms with Crippen LogP contribution in [0.4, 0.5) is 0 Å². The molecule has 646 valence electrons. The lowest BCUT2D eigenvalue weighted by atomic mass is 9.84. The maximum absolute atomic E-state index is 12.4. The monoisotopic (exact) mass is 1600 g/mol. The molecular weight excluding hydrogens is 1440 g/mol. The van der Waals surface area contributed by atoms with E-state index in [1.807, 2.05) is 157 Å². The van der Waals surface area contributed by atoms with Gasteiger partial charge in [-0.05, 0) is 140 Å². The lowest BCUT2D eigenvalue weighted by molar-refractivity contribution is -0.129. The van der Waals surface area contributed by atoms with Crippen molar-refractivity contribution in [2.75, 3.05) is 13.7 Å². The fraction of sp³-hybridized carbons (Fsp3) is 0.563. The summed E-state index contributed by atoms with van der Waals surface area (Å²) in [5.41, 5.74) is 11.9. The molecule has 13 heteroatoms. The number of aromatic amines is 1. The highest BCUT2D eigenvalue weighted by Crippen LogP contribution is 2.26. The Morgan fingerprint density at radius 1 is 0.379 bits per heavy atom. The number of imidazole rings is 1. The van der Waals surface area contributed by atoms with Crippen LogP contribution in [0, 0.1) is 84.9 Å². The molecule has 6 atom stereocenters. The first kappa shape index (κ1) is 108. The Morgan fingerprint density at radius 2 is 0.733 bits per heavy atom. The first-order chi connectivity index (χ1) is 53.7. The van der Waals surface area contributed by atoms with E-state index >= 15 is 0 Å². The van der Waals surface area contributed by atoms with Gasteiger partial charge < -0.3 is 30.4 Å². The second-order valence-corrected chi connectivity index (χ2v) is 35.2. The molecule has 0 amide bonds. The van der Waals surface area contributed by atoms with Gasteiger partial charge in [-0.3, -0.25) is 28.8 Å². The minimum atomic E-state index is -0.137. The highest BCUT2D eigenvalue weighted by molar-refractivity contribution is 5.87. The molecule has 0 bridgehead atoms. The van der Waals surface area contributed by atoms with Gasteiger partial charge in [-0.15, -0.1) is 0 Å². The number of hydrogen-bond donors (Lipinski definition) is 4. The molecule has 1 aromatic heterocycles. The SMILES string of the molecule is C.C.CC(C)C[C@@H](CCc1ccccc1)C(=O)C(C)C.CC(C)C[C@@H](COCc1ccccc1)C(=O)C(C)C.CC(C)C[C@@H](Cc1cnc[nH]1)C(=O)C(C)C.CC(C)N[C@@H](Cc1ccc(-c2ccccc2)cc1)C(=O)C(C)C.COc1cc(C[C@H](NC(C)C)C(=O)C(C)C)ccc1C.Cc1ccc(C[C@H](NC(C)C)C(=O)C(C)C)cc1. The fourth-order valence-electron chi connectivity index (χ4n) is 13.6. The number of ether oxygens (including phenoxy) is 2. The summed E-state index contributed by atoms with van der Waals surface area (Å²) in [5.74, 6) is 5.41. The van der Waals surface area contributed by atoms with Crippen LogP contribution < -0.4 is 20.7 Å². The topological polar surface area (TPSA) is 186 Å². The van der Waals surface area contributed by atoms with Gasteiger partial charge in [-0.1, -0.05) is 338 Å². The van der Waals surface area contributed by atoms with Crippen molar-refractivity contribution >= 4 is 34.7 Å². The molecule has 116 heavy (non-hydrogen) atoms. The smallest absolute Gasteiger partial charge is 0.152 e. The summed E-state index contributed by atoms with van der Waals surface area (Å²) in [6, 6.07) is 54.6. The molecule has 0 aliphatic carbocycles. The van der Waals surface area contributed by atoms with Gasteiger partial charge in [0.25, 0.3) is 0 Å². The quantitative estimate of drug-likeness (QED) is 0.0285. The summed E-state index contributed by atoms with van der Waals surface area (Å²) >= 11 is 0. The highest BCUT2D eigenvalue weighted by Gasteiger charge is 2.28. The van der Waals surface area contributed by atoms with Gasteiger partial charge >= 0.3 is 0 Å². The summed E-state index contributed by atoms with van der Waals surface area (Å²) in [6.07, 6.45) is 11.4. The van der Waals surface area contributed by atoms with Crippen LogP contribution in [0.25, 0.3) is 11.1 Å². The maximum atomic E-state index is 12.4. The van der Waals surface area contributed by atoms with Gasteiger partial charge in [-0.2, -0.15) is 0 Å². The van der Waals surface area contributed by atoms with E-state index in [0.29, 0.717) is 72.6 Å². The summed E-state index contributed by atoms with van der Waals surface area (Å²) in [5, 5.41) is 10.2. The van der Waals surface area contributed by atoms with E-state index in [2.05, 4.69) is 207 Å². The molecule has 4 N–H and O–H groups in total. The Balaban J connectivity index is 0.00000137. The number of nitrogens with one attached hydrogen (secondary N) is 4. The molecule has 7 aromatic rings. The largest absolute Gasteiger partial charge is 0.496 e. The van der Waals surface area contributed by atoms with Crippen LogP contribution in [0.15, 0.2) is 170 Å².